The first-order chi connectivity index (χ1) is 7.20. The third kappa shape index (κ3) is 1.87. The lowest BCUT2D eigenvalue weighted by Gasteiger charge is -2.24. The molecule has 2 heterocycles. The monoisotopic (exact) mass is 204 g/mol. The molecule has 0 N–H and O–H groups in total. The van der Waals surface area contributed by atoms with E-state index in [1.165, 1.54) is 5.56 Å². The van der Waals surface area contributed by atoms with E-state index in [9.17, 15) is 4.79 Å². The SMILES string of the molecule is CC(=O)N1CCC[C@H]1c1cccnc1C. The Kier molecular flexibility index (Phi) is 2.71. The van der Waals surface area contributed by atoms with E-state index in [0.717, 1.165) is 25.1 Å². The summed E-state index contributed by atoms with van der Waals surface area (Å²) >= 11 is 0. The van der Waals surface area contributed by atoms with E-state index in [0.29, 0.717) is 0 Å². The van der Waals surface area contributed by atoms with Crippen LogP contribution in [-0.2, 0) is 4.79 Å². The molecule has 1 atom stereocenters. The van der Waals surface area contributed by atoms with Crippen LogP contribution >= 0.6 is 0 Å². The van der Waals surface area contributed by atoms with Crippen LogP contribution in [0.25, 0.3) is 0 Å². The first-order valence-corrected chi connectivity index (χ1v) is 5.39. The van der Waals surface area contributed by atoms with Gasteiger partial charge in [0.15, 0.2) is 0 Å². The highest BCUT2D eigenvalue weighted by molar-refractivity contribution is 5.74. The number of nitrogens with zero attached hydrogens (tertiary/aromatic N) is 2. The minimum absolute atomic E-state index is 0.167. The van der Waals surface area contributed by atoms with Crippen LogP contribution in [-0.4, -0.2) is 22.3 Å². The van der Waals surface area contributed by atoms with Crippen molar-refractivity contribution in [2.24, 2.45) is 0 Å². The van der Waals surface area contributed by atoms with E-state index >= 15 is 0 Å². The van der Waals surface area contributed by atoms with Gasteiger partial charge < -0.3 is 4.90 Å². The van der Waals surface area contributed by atoms with Gasteiger partial charge in [0.1, 0.15) is 0 Å². The summed E-state index contributed by atoms with van der Waals surface area (Å²) in [7, 11) is 0. The highest BCUT2D eigenvalue weighted by atomic mass is 16.2. The molecule has 1 aromatic heterocycles. The van der Waals surface area contributed by atoms with Crippen molar-refractivity contribution in [3.8, 4) is 0 Å². The Morgan fingerprint density at radius 1 is 1.60 bits per heavy atom. The predicted octanol–water partition coefficient (Wildman–Crippen LogP) is 2.07. The second-order valence-electron chi connectivity index (χ2n) is 4.05. The molecule has 0 spiro atoms. The number of hydrogen-bond acceptors (Lipinski definition) is 2. The van der Waals surface area contributed by atoms with Crippen molar-refractivity contribution < 1.29 is 4.79 Å². The van der Waals surface area contributed by atoms with Crippen molar-refractivity contribution in [3.05, 3.63) is 29.6 Å². The summed E-state index contributed by atoms with van der Waals surface area (Å²) in [5.74, 6) is 0.167. The molecule has 0 aliphatic carbocycles. The Morgan fingerprint density at radius 2 is 2.40 bits per heavy atom. The lowest BCUT2D eigenvalue weighted by molar-refractivity contribution is -0.129. The topological polar surface area (TPSA) is 33.2 Å². The Labute approximate surface area is 90.1 Å². The molecule has 0 aromatic carbocycles. The van der Waals surface area contributed by atoms with Crippen LogP contribution in [0.15, 0.2) is 18.3 Å². The zero-order chi connectivity index (χ0) is 10.8. The molecule has 80 valence electrons. The Hall–Kier alpha value is -1.38. The van der Waals surface area contributed by atoms with Gasteiger partial charge in [-0.15, -0.1) is 0 Å². The largest absolute Gasteiger partial charge is 0.336 e. The number of carbonyl (C=O) groups is 1. The number of likely N-dealkylation sites (tertiary alicyclic amines) is 1. The maximum atomic E-state index is 11.4. The lowest BCUT2D eigenvalue weighted by Crippen LogP contribution is -2.28. The summed E-state index contributed by atoms with van der Waals surface area (Å²) in [5, 5.41) is 0. The van der Waals surface area contributed by atoms with Crippen molar-refractivity contribution in [1.29, 1.82) is 0 Å². The van der Waals surface area contributed by atoms with Gasteiger partial charge >= 0.3 is 0 Å². The molecular weight excluding hydrogens is 188 g/mol. The average molecular weight is 204 g/mol. The smallest absolute Gasteiger partial charge is 0.219 e. The second kappa shape index (κ2) is 4.01. The molecule has 1 aromatic rings. The zero-order valence-corrected chi connectivity index (χ0v) is 9.23. The predicted molar refractivity (Wildman–Crippen MR) is 58.3 cm³/mol. The molecule has 0 radical (unpaired) electrons. The fraction of sp³-hybridized carbons (Fsp3) is 0.500. The highest BCUT2D eigenvalue weighted by Crippen LogP contribution is 2.32. The van der Waals surface area contributed by atoms with E-state index in [1.807, 2.05) is 17.9 Å². The summed E-state index contributed by atoms with van der Waals surface area (Å²) in [6.45, 7) is 4.53. The van der Waals surface area contributed by atoms with Gasteiger partial charge in [0.05, 0.1) is 6.04 Å². The first kappa shape index (κ1) is 10.1. The number of rotatable bonds is 1. The Balaban J connectivity index is 2.30. The lowest BCUT2D eigenvalue weighted by atomic mass is 10.0. The van der Waals surface area contributed by atoms with Gasteiger partial charge in [-0.3, -0.25) is 9.78 Å². The summed E-state index contributed by atoms with van der Waals surface area (Å²) in [6, 6.07) is 4.27. The van der Waals surface area contributed by atoms with Crippen LogP contribution < -0.4 is 0 Å². The van der Waals surface area contributed by atoms with E-state index < -0.39 is 0 Å². The van der Waals surface area contributed by atoms with Crippen molar-refractivity contribution >= 4 is 5.91 Å². The number of aromatic nitrogens is 1. The van der Waals surface area contributed by atoms with Gasteiger partial charge in [-0.1, -0.05) is 6.07 Å². The molecule has 0 saturated carbocycles. The van der Waals surface area contributed by atoms with Gasteiger partial charge in [0.2, 0.25) is 5.91 Å². The van der Waals surface area contributed by atoms with Crippen LogP contribution in [0, 0.1) is 6.92 Å². The molecule has 1 saturated heterocycles. The van der Waals surface area contributed by atoms with Crippen LogP contribution in [0.2, 0.25) is 0 Å². The number of pyridine rings is 1. The summed E-state index contributed by atoms with van der Waals surface area (Å²) in [5.41, 5.74) is 2.24. The molecule has 3 nitrogen and oxygen atoms in total. The minimum Gasteiger partial charge on any atom is -0.336 e. The molecule has 1 aliphatic rings. The van der Waals surface area contributed by atoms with Crippen LogP contribution in [0.4, 0.5) is 0 Å². The first-order valence-electron chi connectivity index (χ1n) is 5.39. The minimum atomic E-state index is 0.167. The second-order valence-corrected chi connectivity index (χ2v) is 4.05. The molecule has 1 amide bonds. The van der Waals surface area contributed by atoms with E-state index in [4.69, 9.17) is 0 Å². The zero-order valence-electron chi connectivity index (χ0n) is 9.23. The highest BCUT2D eigenvalue weighted by Gasteiger charge is 2.28. The quantitative estimate of drug-likeness (QED) is 0.701. The third-order valence-electron chi connectivity index (χ3n) is 3.06. The molecule has 2 rings (SSSR count). The van der Waals surface area contributed by atoms with Crippen LogP contribution in [0.3, 0.4) is 0 Å². The van der Waals surface area contributed by atoms with Gasteiger partial charge in [-0.2, -0.15) is 0 Å². The standard InChI is InChI=1S/C12H16N2O/c1-9-11(5-3-7-13-9)12-6-4-8-14(12)10(2)15/h3,5,7,12H,4,6,8H2,1-2H3/t12-/m0/s1. The van der Waals surface area contributed by atoms with Crippen molar-refractivity contribution in [2.45, 2.75) is 32.7 Å². The third-order valence-corrected chi connectivity index (χ3v) is 3.06. The number of amides is 1. The van der Waals surface area contributed by atoms with Crippen molar-refractivity contribution in [1.82, 2.24) is 9.88 Å². The molecular formula is C12H16N2O. The van der Waals surface area contributed by atoms with Gasteiger partial charge in [-0.25, -0.2) is 0 Å². The number of carbonyl (C=O) groups excluding carboxylic acids is 1. The van der Waals surface area contributed by atoms with E-state index in [-0.39, 0.29) is 11.9 Å². The fourth-order valence-corrected chi connectivity index (χ4v) is 2.32. The van der Waals surface area contributed by atoms with Gasteiger partial charge in [-0.05, 0) is 31.4 Å². The summed E-state index contributed by atoms with van der Waals surface area (Å²) in [6.07, 6.45) is 3.95. The Bertz CT molecular complexity index is 376. The number of hydrogen-bond donors (Lipinski definition) is 0. The summed E-state index contributed by atoms with van der Waals surface area (Å²) in [4.78, 5) is 17.7. The normalized spacial score (nSPS) is 20.7. The number of aryl methyl sites for hydroxylation is 1. The van der Waals surface area contributed by atoms with E-state index in [2.05, 4.69) is 11.1 Å². The molecule has 1 aliphatic heterocycles. The van der Waals surface area contributed by atoms with Gasteiger partial charge in [0, 0.05) is 25.4 Å². The maximum Gasteiger partial charge on any atom is 0.219 e. The fourth-order valence-electron chi connectivity index (χ4n) is 2.32. The van der Waals surface area contributed by atoms with Crippen LogP contribution in [0.5, 0.6) is 0 Å². The van der Waals surface area contributed by atoms with Crippen molar-refractivity contribution in [3.63, 3.8) is 0 Å². The average Bonchev–Trinajstić information content (AvgIpc) is 2.67. The Morgan fingerprint density at radius 3 is 3.07 bits per heavy atom. The molecule has 0 unspecified atom stereocenters. The van der Waals surface area contributed by atoms with Crippen LogP contribution in [0.1, 0.15) is 37.1 Å². The molecule has 0 bridgehead atoms. The van der Waals surface area contributed by atoms with Crippen molar-refractivity contribution in [2.75, 3.05) is 6.54 Å². The maximum absolute atomic E-state index is 11.4. The molecule has 15 heavy (non-hydrogen) atoms. The van der Waals surface area contributed by atoms with Gasteiger partial charge in [0.25, 0.3) is 0 Å². The summed E-state index contributed by atoms with van der Waals surface area (Å²) < 4.78 is 0. The van der Waals surface area contributed by atoms with E-state index in [1.54, 1.807) is 13.1 Å². The molecule has 3 heteroatoms. The molecule has 1 fully saturated rings.